The van der Waals surface area contributed by atoms with Crippen LogP contribution in [0.5, 0.6) is 0 Å². The highest BCUT2D eigenvalue weighted by atomic mass is 32.2. The lowest BCUT2D eigenvalue weighted by atomic mass is 9.94. The number of nitrogens with one attached hydrogen (secondary N) is 1. The Labute approximate surface area is 193 Å². The molecular formula is C22H32N4O6S. The van der Waals surface area contributed by atoms with Crippen molar-refractivity contribution in [1.29, 1.82) is 0 Å². The molecule has 0 radical (unpaired) electrons. The summed E-state index contributed by atoms with van der Waals surface area (Å²) in [5.41, 5.74) is 0.853. The Morgan fingerprint density at radius 1 is 1.15 bits per heavy atom. The van der Waals surface area contributed by atoms with Crippen LogP contribution in [0.15, 0.2) is 32.3 Å². The van der Waals surface area contributed by atoms with Crippen LogP contribution in [0.3, 0.4) is 0 Å². The van der Waals surface area contributed by atoms with Gasteiger partial charge in [-0.15, -0.1) is 0 Å². The van der Waals surface area contributed by atoms with Crippen molar-refractivity contribution in [2.75, 3.05) is 52.5 Å². The maximum atomic E-state index is 13.1. The molecule has 182 valence electrons. The minimum atomic E-state index is -3.70. The number of morpholine rings is 1. The summed E-state index contributed by atoms with van der Waals surface area (Å²) < 4.78 is 39.7. The second-order valence-corrected chi connectivity index (χ2v) is 10.5. The molecule has 1 aromatic carbocycles. The van der Waals surface area contributed by atoms with Crippen molar-refractivity contribution >= 4 is 27.0 Å². The molecule has 0 spiro atoms. The van der Waals surface area contributed by atoms with Gasteiger partial charge in [0.05, 0.1) is 23.6 Å². The molecule has 0 atom stereocenters. The summed E-state index contributed by atoms with van der Waals surface area (Å²) in [4.78, 5) is 26.6. The van der Waals surface area contributed by atoms with Crippen LogP contribution >= 0.6 is 0 Å². The predicted molar refractivity (Wildman–Crippen MR) is 123 cm³/mol. The Kier molecular flexibility index (Phi) is 7.52. The largest absolute Gasteiger partial charge is 0.419 e. The Bertz CT molecular complexity index is 1130. The maximum Gasteiger partial charge on any atom is 0.419 e. The first-order valence-electron chi connectivity index (χ1n) is 11.6. The van der Waals surface area contributed by atoms with Crippen molar-refractivity contribution in [1.82, 2.24) is 19.1 Å². The quantitative estimate of drug-likeness (QED) is 0.596. The van der Waals surface area contributed by atoms with Crippen molar-refractivity contribution in [3.05, 3.63) is 28.7 Å². The molecule has 1 amide bonds. The van der Waals surface area contributed by atoms with Crippen LogP contribution < -0.4 is 11.1 Å². The van der Waals surface area contributed by atoms with Crippen molar-refractivity contribution < 1.29 is 22.4 Å². The molecule has 4 rings (SSSR count). The van der Waals surface area contributed by atoms with Crippen molar-refractivity contribution in [3.8, 4) is 0 Å². The van der Waals surface area contributed by atoms with E-state index in [-0.39, 0.29) is 22.3 Å². The minimum Gasteiger partial charge on any atom is -0.408 e. The van der Waals surface area contributed by atoms with Gasteiger partial charge in [-0.2, -0.15) is 4.31 Å². The van der Waals surface area contributed by atoms with Crippen molar-refractivity contribution in [2.24, 2.45) is 5.92 Å². The third-order valence-corrected chi connectivity index (χ3v) is 8.39. The Morgan fingerprint density at radius 2 is 1.88 bits per heavy atom. The molecule has 2 fully saturated rings. The molecule has 2 saturated heterocycles. The van der Waals surface area contributed by atoms with E-state index in [1.807, 2.05) is 6.92 Å². The molecule has 33 heavy (non-hydrogen) atoms. The van der Waals surface area contributed by atoms with E-state index in [0.29, 0.717) is 51.0 Å². The molecule has 2 aliphatic rings. The summed E-state index contributed by atoms with van der Waals surface area (Å²) in [6, 6.07) is 4.56. The molecule has 0 bridgehead atoms. The number of benzene rings is 1. The van der Waals surface area contributed by atoms with Gasteiger partial charge >= 0.3 is 5.76 Å². The Morgan fingerprint density at radius 3 is 2.58 bits per heavy atom. The molecule has 1 N–H and O–H groups in total. The summed E-state index contributed by atoms with van der Waals surface area (Å²) in [6.45, 7) is 7.72. The fourth-order valence-corrected chi connectivity index (χ4v) is 6.01. The standard InChI is InChI=1S/C22H32N4O6S/c1-2-26-19-4-3-18(16-20(19)32-22(26)28)33(29,30)25-8-5-17(6-9-25)15-21(27)23-7-10-24-11-13-31-14-12-24/h3-4,16-17H,2,5-15H2,1H3,(H,23,27). The molecule has 2 aromatic rings. The number of piperidine rings is 1. The van der Waals surface area contributed by atoms with Gasteiger partial charge in [0.1, 0.15) is 0 Å². The van der Waals surface area contributed by atoms with Gasteiger partial charge in [0.25, 0.3) is 0 Å². The Balaban J connectivity index is 1.28. The summed E-state index contributed by atoms with van der Waals surface area (Å²) in [5.74, 6) is -0.310. The van der Waals surface area contributed by atoms with Crippen LogP contribution in [0.2, 0.25) is 0 Å². The van der Waals surface area contributed by atoms with Crippen LogP contribution in [0.4, 0.5) is 0 Å². The molecule has 0 saturated carbocycles. The van der Waals surface area contributed by atoms with Crippen LogP contribution in [-0.2, 0) is 26.1 Å². The van der Waals surface area contributed by atoms with E-state index in [1.165, 1.54) is 21.0 Å². The van der Waals surface area contributed by atoms with Crippen LogP contribution in [-0.4, -0.2) is 80.6 Å². The zero-order valence-corrected chi connectivity index (χ0v) is 19.8. The van der Waals surface area contributed by atoms with Crippen LogP contribution in [0.25, 0.3) is 11.1 Å². The van der Waals surface area contributed by atoms with Gasteiger partial charge in [0.15, 0.2) is 5.58 Å². The van der Waals surface area contributed by atoms with Gasteiger partial charge in [0.2, 0.25) is 15.9 Å². The topological polar surface area (TPSA) is 114 Å². The third kappa shape index (κ3) is 5.48. The maximum absolute atomic E-state index is 13.1. The number of aryl methyl sites for hydroxylation is 1. The first-order chi connectivity index (χ1) is 15.9. The molecule has 2 aliphatic heterocycles. The fourth-order valence-electron chi connectivity index (χ4n) is 4.52. The number of fused-ring (bicyclic) bond motifs is 1. The number of amides is 1. The summed E-state index contributed by atoms with van der Waals surface area (Å²) in [6.07, 6.45) is 1.69. The summed E-state index contributed by atoms with van der Waals surface area (Å²) >= 11 is 0. The van der Waals surface area contributed by atoms with Crippen LogP contribution in [0, 0.1) is 5.92 Å². The van der Waals surface area contributed by atoms with E-state index >= 15 is 0 Å². The highest BCUT2D eigenvalue weighted by molar-refractivity contribution is 7.89. The average molecular weight is 481 g/mol. The Hall–Kier alpha value is -2.21. The van der Waals surface area contributed by atoms with Crippen LogP contribution in [0.1, 0.15) is 26.2 Å². The van der Waals surface area contributed by atoms with E-state index in [0.717, 1.165) is 32.8 Å². The number of rotatable bonds is 8. The molecule has 10 nitrogen and oxygen atoms in total. The fraction of sp³-hybridized carbons (Fsp3) is 0.636. The predicted octanol–water partition coefficient (Wildman–Crippen LogP) is 0.854. The number of sulfonamides is 1. The first-order valence-corrected chi connectivity index (χ1v) is 13.0. The number of hydrogen-bond donors (Lipinski definition) is 1. The van der Waals surface area contributed by atoms with Gasteiger partial charge in [-0.25, -0.2) is 13.2 Å². The number of carbonyl (C=O) groups is 1. The number of aromatic nitrogens is 1. The monoisotopic (exact) mass is 480 g/mol. The lowest BCUT2D eigenvalue weighted by Gasteiger charge is -2.31. The molecule has 0 aliphatic carbocycles. The van der Waals surface area contributed by atoms with E-state index in [9.17, 15) is 18.0 Å². The van der Waals surface area contributed by atoms with Gasteiger partial charge in [-0.05, 0) is 37.8 Å². The lowest BCUT2D eigenvalue weighted by molar-refractivity contribution is -0.122. The van der Waals surface area contributed by atoms with E-state index in [4.69, 9.17) is 9.15 Å². The molecule has 11 heteroatoms. The zero-order valence-electron chi connectivity index (χ0n) is 19.0. The summed E-state index contributed by atoms with van der Waals surface area (Å²) in [7, 11) is -3.70. The molecular weight excluding hydrogens is 448 g/mol. The van der Waals surface area contributed by atoms with Crippen molar-refractivity contribution in [2.45, 2.75) is 37.6 Å². The number of oxazole rings is 1. The third-order valence-electron chi connectivity index (χ3n) is 6.50. The van der Waals surface area contributed by atoms with Gasteiger partial charge in [-0.1, -0.05) is 0 Å². The zero-order chi connectivity index (χ0) is 23.4. The second kappa shape index (κ2) is 10.4. The van der Waals surface area contributed by atoms with E-state index in [2.05, 4.69) is 10.2 Å². The average Bonchev–Trinajstić information content (AvgIpc) is 3.14. The smallest absolute Gasteiger partial charge is 0.408 e. The lowest BCUT2D eigenvalue weighted by Crippen LogP contribution is -2.42. The number of carbonyl (C=O) groups excluding carboxylic acids is 1. The highest BCUT2D eigenvalue weighted by Gasteiger charge is 2.30. The summed E-state index contributed by atoms with van der Waals surface area (Å²) in [5, 5.41) is 2.98. The number of ether oxygens (including phenoxy) is 1. The number of hydrogen-bond acceptors (Lipinski definition) is 7. The van der Waals surface area contributed by atoms with Gasteiger partial charge in [-0.3, -0.25) is 14.3 Å². The normalized spacial score (nSPS) is 19.2. The molecule has 1 aromatic heterocycles. The first kappa shape index (κ1) is 23.9. The minimum absolute atomic E-state index is 0.0190. The SMILES string of the molecule is CCn1c(=O)oc2cc(S(=O)(=O)N3CCC(CC(=O)NCCN4CCOCC4)CC3)ccc21. The van der Waals surface area contributed by atoms with E-state index < -0.39 is 15.8 Å². The molecule has 0 unspecified atom stereocenters. The van der Waals surface area contributed by atoms with Gasteiger partial charge in [0, 0.05) is 58.3 Å². The van der Waals surface area contributed by atoms with Crippen molar-refractivity contribution in [3.63, 3.8) is 0 Å². The molecule has 3 heterocycles. The highest BCUT2D eigenvalue weighted by Crippen LogP contribution is 2.27. The number of nitrogens with zero attached hydrogens (tertiary/aromatic N) is 3. The second-order valence-electron chi connectivity index (χ2n) is 8.60. The van der Waals surface area contributed by atoms with E-state index in [1.54, 1.807) is 6.07 Å². The van der Waals surface area contributed by atoms with Gasteiger partial charge < -0.3 is 14.5 Å².